The van der Waals surface area contributed by atoms with Crippen LogP contribution in [0.15, 0.2) is 12.2 Å². The van der Waals surface area contributed by atoms with Crippen LogP contribution in [0, 0.1) is 11.3 Å². The molecule has 0 radical (unpaired) electrons. The van der Waals surface area contributed by atoms with E-state index in [0.717, 1.165) is 19.3 Å². The first-order chi connectivity index (χ1) is 8.73. The van der Waals surface area contributed by atoms with Gasteiger partial charge in [0.15, 0.2) is 0 Å². The Balaban J connectivity index is 1.77. The first-order valence-electron chi connectivity index (χ1n) is 7.01. The van der Waals surface area contributed by atoms with Crippen LogP contribution in [0.3, 0.4) is 0 Å². The minimum Gasteiger partial charge on any atom is -0.462 e. The van der Waals surface area contributed by atoms with E-state index in [2.05, 4.69) is 6.58 Å². The zero-order chi connectivity index (χ0) is 13.9. The molecule has 4 heteroatoms. The third-order valence-electron chi connectivity index (χ3n) is 4.98. The largest absolute Gasteiger partial charge is 0.462 e. The molecule has 0 aliphatic heterocycles. The molecule has 0 aromatic carbocycles. The maximum atomic E-state index is 11.5. The van der Waals surface area contributed by atoms with E-state index in [9.17, 15) is 15.0 Å². The van der Waals surface area contributed by atoms with Crippen molar-refractivity contribution >= 4 is 5.97 Å². The Hall–Kier alpha value is -0.870. The molecule has 0 saturated heterocycles. The highest BCUT2D eigenvalue weighted by atomic mass is 16.5. The minimum atomic E-state index is -0.760. The molecule has 4 aliphatic carbocycles. The SMILES string of the molecule is C=C(C)C(=O)OCC12CC3CC(O)(CC(O)(C3)C1)C2. The van der Waals surface area contributed by atoms with E-state index in [0.29, 0.717) is 37.4 Å². The van der Waals surface area contributed by atoms with Crippen molar-refractivity contribution in [3.05, 3.63) is 12.2 Å². The highest BCUT2D eigenvalue weighted by Gasteiger charge is 2.63. The van der Waals surface area contributed by atoms with E-state index in [1.165, 1.54) is 0 Å². The summed E-state index contributed by atoms with van der Waals surface area (Å²) in [6, 6.07) is 0. The molecule has 106 valence electrons. The van der Waals surface area contributed by atoms with Gasteiger partial charge in [-0.25, -0.2) is 4.79 Å². The van der Waals surface area contributed by atoms with Gasteiger partial charge in [0.2, 0.25) is 0 Å². The van der Waals surface area contributed by atoms with Crippen molar-refractivity contribution in [1.29, 1.82) is 0 Å². The molecule has 19 heavy (non-hydrogen) atoms. The van der Waals surface area contributed by atoms with E-state index in [1.54, 1.807) is 6.92 Å². The van der Waals surface area contributed by atoms with Crippen molar-refractivity contribution in [2.45, 2.75) is 56.7 Å². The lowest BCUT2D eigenvalue weighted by atomic mass is 9.46. The molecule has 4 bridgehead atoms. The predicted molar refractivity (Wildman–Crippen MR) is 69.3 cm³/mol. The second kappa shape index (κ2) is 3.83. The van der Waals surface area contributed by atoms with Gasteiger partial charge in [0.05, 0.1) is 17.8 Å². The maximum absolute atomic E-state index is 11.5. The fraction of sp³-hybridized carbons (Fsp3) is 0.800. The molecule has 0 aromatic heterocycles. The lowest BCUT2D eigenvalue weighted by molar-refractivity contribution is -0.239. The lowest BCUT2D eigenvalue weighted by Gasteiger charge is -2.62. The van der Waals surface area contributed by atoms with Crippen LogP contribution in [0.1, 0.15) is 45.4 Å². The van der Waals surface area contributed by atoms with Crippen LogP contribution in [-0.4, -0.2) is 34.0 Å². The van der Waals surface area contributed by atoms with Crippen LogP contribution in [0.4, 0.5) is 0 Å². The predicted octanol–water partition coefficient (Wildman–Crippen LogP) is 1.55. The Morgan fingerprint density at radius 3 is 2.26 bits per heavy atom. The average Bonchev–Trinajstić information content (AvgIpc) is 2.20. The number of hydrogen-bond acceptors (Lipinski definition) is 4. The molecule has 4 rings (SSSR count). The molecular formula is C15H22O4. The molecule has 2 unspecified atom stereocenters. The Bertz CT molecular complexity index is 423. The van der Waals surface area contributed by atoms with Gasteiger partial charge in [-0.3, -0.25) is 0 Å². The van der Waals surface area contributed by atoms with Gasteiger partial charge in [0, 0.05) is 17.4 Å². The van der Waals surface area contributed by atoms with Crippen molar-refractivity contribution in [1.82, 2.24) is 0 Å². The molecule has 0 heterocycles. The van der Waals surface area contributed by atoms with Crippen molar-refractivity contribution in [3.8, 4) is 0 Å². The molecule has 2 atom stereocenters. The fourth-order valence-electron chi connectivity index (χ4n) is 5.04. The summed E-state index contributed by atoms with van der Waals surface area (Å²) in [5.74, 6) is -0.0236. The number of rotatable bonds is 3. The van der Waals surface area contributed by atoms with E-state index < -0.39 is 11.2 Å². The van der Waals surface area contributed by atoms with E-state index >= 15 is 0 Å². The molecule has 4 aliphatic rings. The third-order valence-corrected chi connectivity index (χ3v) is 4.98. The molecule has 2 N–H and O–H groups in total. The summed E-state index contributed by atoms with van der Waals surface area (Å²) in [4.78, 5) is 11.5. The van der Waals surface area contributed by atoms with Crippen LogP contribution >= 0.6 is 0 Å². The molecule has 0 amide bonds. The number of carbonyl (C=O) groups excluding carboxylic acids is 1. The van der Waals surface area contributed by atoms with E-state index in [-0.39, 0.29) is 11.4 Å². The minimum absolute atomic E-state index is 0.242. The van der Waals surface area contributed by atoms with Gasteiger partial charge in [-0.05, 0) is 44.9 Å². The maximum Gasteiger partial charge on any atom is 0.333 e. The third kappa shape index (κ3) is 2.21. The Kier molecular flexibility index (Phi) is 2.64. The van der Waals surface area contributed by atoms with Crippen molar-refractivity contribution in [2.75, 3.05) is 6.61 Å². The second-order valence-corrected chi connectivity index (χ2v) is 7.31. The lowest BCUT2D eigenvalue weighted by Crippen LogP contribution is -2.64. The molecule has 4 fully saturated rings. The average molecular weight is 266 g/mol. The highest BCUT2D eigenvalue weighted by Crippen LogP contribution is 2.63. The van der Waals surface area contributed by atoms with Gasteiger partial charge in [-0.15, -0.1) is 0 Å². The van der Waals surface area contributed by atoms with Crippen LogP contribution in [-0.2, 0) is 9.53 Å². The summed E-state index contributed by atoms with van der Waals surface area (Å²) in [6.45, 7) is 5.49. The van der Waals surface area contributed by atoms with E-state index in [1.807, 2.05) is 0 Å². The molecule has 0 aromatic rings. The molecule has 4 nitrogen and oxygen atoms in total. The quantitative estimate of drug-likeness (QED) is 0.601. The van der Waals surface area contributed by atoms with Gasteiger partial charge in [0.25, 0.3) is 0 Å². The zero-order valence-electron chi connectivity index (χ0n) is 11.4. The first-order valence-corrected chi connectivity index (χ1v) is 7.01. The van der Waals surface area contributed by atoms with Crippen LogP contribution in [0.2, 0.25) is 0 Å². The Morgan fingerprint density at radius 2 is 1.79 bits per heavy atom. The number of ether oxygens (including phenoxy) is 1. The summed E-state index contributed by atoms with van der Waals surface area (Å²) in [5.41, 5.74) is -1.37. The topological polar surface area (TPSA) is 66.8 Å². The van der Waals surface area contributed by atoms with Crippen molar-refractivity contribution in [2.24, 2.45) is 11.3 Å². The van der Waals surface area contributed by atoms with Crippen LogP contribution in [0.5, 0.6) is 0 Å². The number of carbonyl (C=O) groups is 1. The number of hydrogen-bond donors (Lipinski definition) is 2. The van der Waals surface area contributed by atoms with Crippen LogP contribution in [0.25, 0.3) is 0 Å². The summed E-state index contributed by atoms with van der Waals surface area (Å²) in [6.07, 6.45) is 4.27. The smallest absolute Gasteiger partial charge is 0.333 e. The molecule has 0 spiro atoms. The Labute approximate surface area is 113 Å². The van der Waals surface area contributed by atoms with Gasteiger partial charge < -0.3 is 14.9 Å². The van der Waals surface area contributed by atoms with Crippen molar-refractivity contribution in [3.63, 3.8) is 0 Å². The molecular weight excluding hydrogens is 244 g/mol. The van der Waals surface area contributed by atoms with Gasteiger partial charge in [0.1, 0.15) is 0 Å². The van der Waals surface area contributed by atoms with E-state index in [4.69, 9.17) is 4.74 Å². The summed E-state index contributed by atoms with van der Waals surface area (Å²) < 4.78 is 5.32. The number of aliphatic hydroxyl groups is 2. The first kappa shape index (κ1) is 13.1. The summed E-state index contributed by atoms with van der Waals surface area (Å²) in [7, 11) is 0. The number of esters is 1. The normalized spacial score (nSPS) is 47.2. The van der Waals surface area contributed by atoms with Crippen molar-refractivity contribution < 1.29 is 19.7 Å². The summed E-state index contributed by atoms with van der Waals surface area (Å²) >= 11 is 0. The van der Waals surface area contributed by atoms with Gasteiger partial charge in [-0.1, -0.05) is 6.58 Å². The fourth-order valence-corrected chi connectivity index (χ4v) is 5.04. The van der Waals surface area contributed by atoms with Gasteiger partial charge >= 0.3 is 5.97 Å². The zero-order valence-corrected chi connectivity index (χ0v) is 11.4. The highest BCUT2D eigenvalue weighted by molar-refractivity contribution is 5.86. The van der Waals surface area contributed by atoms with Gasteiger partial charge in [-0.2, -0.15) is 0 Å². The summed E-state index contributed by atoms with van der Waals surface area (Å²) in [5, 5.41) is 21.2. The molecule has 4 saturated carbocycles. The Morgan fingerprint density at radius 1 is 1.21 bits per heavy atom. The second-order valence-electron chi connectivity index (χ2n) is 7.31. The monoisotopic (exact) mass is 266 g/mol. The standard InChI is InChI=1S/C15H22O4/c1-10(2)12(16)19-9-13-3-11-4-14(17,6-13)8-15(18,5-11)7-13/h11,17-18H,1,3-9H2,2H3. The van der Waals surface area contributed by atoms with Crippen LogP contribution < -0.4 is 0 Å².